The summed E-state index contributed by atoms with van der Waals surface area (Å²) in [6.45, 7) is 9.52. The summed E-state index contributed by atoms with van der Waals surface area (Å²) in [5, 5.41) is 7.79. The predicted molar refractivity (Wildman–Crippen MR) is 68.7 cm³/mol. The minimum Gasteiger partial charge on any atom is -0.193 e. The van der Waals surface area contributed by atoms with Crippen LogP contribution in [-0.2, 0) is 0 Å². The smallest absolute Gasteiger partial charge is 0.0937 e. The van der Waals surface area contributed by atoms with Crippen molar-refractivity contribution in [1.29, 1.82) is 5.26 Å². The molecule has 0 spiro atoms. The molecule has 0 aliphatic carbocycles. The summed E-state index contributed by atoms with van der Waals surface area (Å²) in [6.07, 6.45) is 11.5. The maximum atomic E-state index is 7.79. The minimum absolute atomic E-state index is 0.560. The molecule has 1 heteroatoms. The summed E-state index contributed by atoms with van der Waals surface area (Å²) in [5.74, 6) is 0. The van der Waals surface area contributed by atoms with Crippen molar-refractivity contribution in [2.75, 3.05) is 0 Å². The second kappa shape index (κ2) is 15.7. The lowest BCUT2D eigenvalue weighted by Crippen LogP contribution is -1.77. The zero-order valence-electron chi connectivity index (χ0n) is 10.8. The van der Waals surface area contributed by atoms with Gasteiger partial charge in [-0.3, -0.25) is 0 Å². The fourth-order valence-electron chi connectivity index (χ4n) is 1.21. The Kier molecular flexibility index (Phi) is 17.4. The van der Waals surface area contributed by atoms with Gasteiger partial charge in [-0.05, 0) is 6.92 Å². The van der Waals surface area contributed by atoms with Crippen molar-refractivity contribution in [3.63, 3.8) is 0 Å². The first-order valence-corrected chi connectivity index (χ1v) is 6.24. The van der Waals surface area contributed by atoms with E-state index >= 15 is 0 Å². The van der Waals surface area contributed by atoms with Crippen LogP contribution < -0.4 is 0 Å². The van der Waals surface area contributed by atoms with Crippen LogP contribution in [0.2, 0.25) is 0 Å². The zero-order valence-corrected chi connectivity index (χ0v) is 10.8. The molecule has 0 atom stereocenters. The van der Waals surface area contributed by atoms with Gasteiger partial charge < -0.3 is 0 Å². The van der Waals surface area contributed by atoms with Crippen LogP contribution in [0.1, 0.15) is 72.1 Å². The van der Waals surface area contributed by atoms with Gasteiger partial charge in [-0.2, -0.15) is 5.26 Å². The van der Waals surface area contributed by atoms with Crippen LogP contribution in [-0.4, -0.2) is 0 Å². The van der Waals surface area contributed by atoms with E-state index in [4.69, 9.17) is 5.26 Å². The first-order chi connectivity index (χ1) is 7.18. The van der Waals surface area contributed by atoms with E-state index in [1.54, 1.807) is 6.92 Å². The number of unbranched alkanes of at least 4 members (excludes halogenated alkanes) is 7. The monoisotopic (exact) mass is 209 g/mol. The second-order valence-electron chi connectivity index (χ2n) is 4.01. The van der Waals surface area contributed by atoms with E-state index in [9.17, 15) is 0 Å². The van der Waals surface area contributed by atoms with Crippen LogP contribution in [0.4, 0.5) is 0 Å². The highest BCUT2D eigenvalue weighted by Gasteiger charge is 1.87. The summed E-state index contributed by atoms with van der Waals surface area (Å²) < 4.78 is 0. The maximum absolute atomic E-state index is 7.79. The minimum atomic E-state index is 0.560. The first kappa shape index (κ1) is 16.7. The van der Waals surface area contributed by atoms with E-state index in [1.807, 2.05) is 6.07 Å². The third kappa shape index (κ3) is 24.6. The molecule has 1 nitrogen and oxygen atoms in total. The van der Waals surface area contributed by atoms with Gasteiger partial charge in [-0.15, -0.1) is 0 Å². The van der Waals surface area contributed by atoms with Crippen molar-refractivity contribution in [2.24, 2.45) is 0 Å². The Labute approximate surface area is 96.2 Å². The topological polar surface area (TPSA) is 23.8 Å². The Hall–Kier alpha value is -0.770. The molecule has 15 heavy (non-hydrogen) atoms. The molecule has 0 saturated carbocycles. The molecule has 0 aliphatic heterocycles. The van der Waals surface area contributed by atoms with E-state index in [0.717, 1.165) is 0 Å². The standard InChI is InChI=1S/C10H22.C4H5N/c1-3-5-7-9-10-8-6-4-2;1-4(2)3-5/h3-10H2,1-2H3;1H2,2H3. The highest BCUT2D eigenvalue weighted by Crippen LogP contribution is 2.07. The van der Waals surface area contributed by atoms with Crippen LogP contribution >= 0.6 is 0 Å². The number of rotatable bonds is 7. The van der Waals surface area contributed by atoms with E-state index in [2.05, 4.69) is 20.4 Å². The van der Waals surface area contributed by atoms with Crippen LogP contribution in [0.15, 0.2) is 12.2 Å². The van der Waals surface area contributed by atoms with Gasteiger partial charge >= 0.3 is 0 Å². The Balaban J connectivity index is 0. The highest BCUT2D eigenvalue weighted by molar-refractivity contribution is 5.11. The van der Waals surface area contributed by atoms with Crippen LogP contribution in [0, 0.1) is 11.3 Å². The quantitative estimate of drug-likeness (QED) is 0.416. The predicted octanol–water partition coefficient (Wildman–Crippen LogP) is 5.23. The lowest BCUT2D eigenvalue weighted by Gasteiger charge is -1.97. The SMILES string of the molecule is C=C(C)C#N.CCCCCCCCCC. The fraction of sp³-hybridized carbons (Fsp3) is 0.786. The molecule has 0 aromatic heterocycles. The Morgan fingerprint density at radius 2 is 1.20 bits per heavy atom. The first-order valence-electron chi connectivity index (χ1n) is 6.24. The Bertz CT molecular complexity index is 157. The Morgan fingerprint density at radius 3 is 1.40 bits per heavy atom. The normalized spacial score (nSPS) is 8.67. The van der Waals surface area contributed by atoms with Crippen LogP contribution in [0.25, 0.3) is 0 Å². The molecular weight excluding hydrogens is 182 g/mol. The van der Waals surface area contributed by atoms with Gasteiger partial charge in [-0.25, -0.2) is 0 Å². The summed E-state index contributed by atoms with van der Waals surface area (Å²) in [7, 11) is 0. The van der Waals surface area contributed by atoms with Gasteiger partial charge in [0.05, 0.1) is 6.07 Å². The molecule has 0 heterocycles. The molecule has 0 aliphatic rings. The van der Waals surface area contributed by atoms with E-state index in [1.165, 1.54) is 51.4 Å². The van der Waals surface area contributed by atoms with E-state index < -0.39 is 0 Å². The van der Waals surface area contributed by atoms with E-state index in [0.29, 0.717) is 5.57 Å². The molecule has 0 saturated heterocycles. The molecular formula is C14H27N. The van der Waals surface area contributed by atoms with E-state index in [-0.39, 0.29) is 0 Å². The van der Waals surface area contributed by atoms with Gasteiger partial charge in [0, 0.05) is 5.57 Å². The largest absolute Gasteiger partial charge is 0.193 e. The molecule has 0 bridgehead atoms. The number of allylic oxidation sites excluding steroid dienone is 1. The summed E-state index contributed by atoms with van der Waals surface area (Å²) in [5.41, 5.74) is 0.560. The summed E-state index contributed by atoms with van der Waals surface area (Å²) in [6, 6.07) is 1.83. The number of nitriles is 1. The average molecular weight is 209 g/mol. The molecule has 0 rings (SSSR count). The molecule has 0 unspecified atom stereocenters. The van der Waals surface area contributed by atoms with Crippen molar-refractivity contribution < 1.29 is 0 Å². The highest BCUT2D eigenvalue weighted by atomic mass is 14.2. The van der Waals surface area contributed by atoms with Crippen LogP contribution in [0.3, 0.4) is 0 Å². The summed E-state index contributed by atoms with van der Waals surface area (Å²) in [4.78, 5) is 0. The third-order valence-electron chi connectivity index (χ3n) is 2.15. The molecule has 0 fully saturated rings. The second-order valence-corrected chi connectivity index (χ2v) is 4.01. The van der Waals surface area contributed by atoms with Gasteiger partial charge in [0.15, 0.2) is 0 Å². The van der Waals surface area contributed by atoms with Crippen molar-refractivity contribution in [3.05, 3.63) is 12.2 Å². The molecule has 0 N–H and O–H groups in total. The molecule has 0 amide bonds. The van der Waals surface area contributed by atoms with Crippen molar-refractivity contribution in [2.45, 2.75) is 72.1 Å². The lowest BCUT2D eigenvalue weighted by molar-refractivity contribution is 0.585. The molecule has 0 aromatic rings. The zero-order chi connectivity index (χ0) is 11.9. The van der Waals surface area contributed by atoms with Crippen molar-refractivity contribution >= 4 is 0 Å². The number of nitrogens with zero attached hydrogens (tertiary/aromatic N) is 1. The maximum Gasteiger partial charge on any atom is 0.0937 e. The average Bonchev–Trinajstić information content (AvgIpc) is 2.24. The van der Waals surface area contributed by atoms with Crippen LogP contribution in [0.5, 0.6) is 0 Å². The Morgan fingerprint density at radius 1 is 0.933 bits per heavy atom. The number of hydrogen-bond donors (Lipinski definition) is 0. The van der Waals surface area contributed by atoms with Gasteiger partial charge in [0.1, 0.15) is 0 Å². The molecule has 88 valence electrons. The third-order valence-corrected chi connectivity index (χ3v) is 2.15. The van der Waals surface area contributed by atoms with Crippen molar-refractivity contribution in [1.82, 2.24) is 0 Å². The number of hydrogen-bond acceptors (Lipinski definition) is 1. The fourth-order valence-corrected chi connectivity index (χ4v) is 1.21. The van der Waals surface area contributed by atoms with Gasteiger partial charge in [-0.1, -0.05) is 71.8 Å². The van der Waals surface area contributed by atoms with Crippen molar-refractivity contribution in [3.8, 4) is 6.07 Å². The molecule has 0 aromatic carbocycles. The summed E-state index contributed by atoms with van der Waals surface area (Å²) >= 11 is 0. The van der Waals surface area contributed by atoms with Gasteiger partial charge in [0.25, 0.3) is 0 Å². The molecule has 0 radical (unpaired) electrons. The van der Waals surface area contributed by atoms with Gasteiger partial charge in [0.2, 0.25) is 0 Å². The lowest BCUT2D eigenvalue weighted by atomic mass is 10.1.